The van der Waals surface area contributed by atoms with Crippen molar-refractivity contribution in [2.45, 2.75) is 25.1 Å². The molecule has 0 bridgehead atoms. The van der Waals surface area contributed by atoms with Gasteiger partial charge in [-0.05, 0) is 12.8 Å². The number of halogens is 3. The number of hydrogen-bond acceptors (Lipinski definition) is 3. The fraction of sp³-hybridized carbons (Fsp3) is 0.889. The van der Waals surface area contributed by atoms with Gasteiger partial charge < -0.3 is 11.1 Å². The van der Waals surface area contributed by atoms with E-state index in [0.29, 0.717) is 6.54 Å². The molecule has 0 aromatic carbocycles. The first kappa shape index (κ1) is 13.2. The molecule has 1 aliphatic carbocycles. The summed E-state index contributed by atoms with van der Waals surface area (Å²) in [5, 5.41) is 2.46. The Labute approximate surface area is 92.0 Å². The first-order valence-electron chi connectivity index (χ1n) is 5.20. The van der Waals surface area contributed by atoms with Crippen molar-refractivity contribution in [2.75, 3.05) is 26.2 Å². The minimum absolute atomic E-state index is 0.0924. The monoisotopic (exact) mass is 239 g/mol. The standard InChI is InChI=1S/C9H16F3N3O/c10-9(11,12)6-15(7-1-2-7)5-8(16)14-4-3-13/h7H,1-6,13H2,(H,14,16). The molecule has 1 fully saturated rings. The molecule has 0 spiro atoms. The second kappa shape index (κ2) is 5.49. The number of nitrogens with two attached hydrogens (primary N) is 1. The SMILES string of the molecule is NCCNC(=O)CN(CC(F)(F)F)C1CC1. The van der Waals surface area contributed by atoms with Gasteiger partial charge in [-0.1, -0.05) is 0 Å². The maximum absolute atomic E-state index is 12.2. The molecule has 0 heterocycles. The molecule has 4 nitrogen and oxygen atoms in total. The Morgan fingerprint density at radius 3 is 2.50 bits per heavy atom. The predicted octanol–water partition coefficient (Wildman–Crippen LogP) is 0.0880. The number of hydrogen-bond donors (Lipinski definition) is 2. The minimum atomic E-state index is -4.25. The second-order valence-electron chi connectivity index (χ2n) is 3.89. The molecule has 3 N–H and O–H groups in total. The number of carbonyl (C=O) groups is 1. The van der Waals surface area contributed by atoms with Crippen molar-refractivity contribution in [3.63, 3.8) is 0 Å². The average Bonchev–Trinajstić information content (AvgIpc) is 2.94. The van der Waals surface area contributed by atoms with E-state index >= 15 is 0 Å². The zero-order valence-corrected chi connectivity index (χ0v) is 8.89. The van der Waals surface area contributed by atoms with Gasteiger partial charge in [0, 0.05) is 19.1 Å². The fourth-order valence-electron chi connectivity index (χ4n) is 1.44. The smallest absolute Gasteiger partial charge is 0.354 e. The molecule has 1 aliphatic rings. The van der Waals surface area contributed by atoms with Crippen molar-refractivity contribution >= 4 is 5.91 Å². The Morgan fingerprint density at radius 1 is 1.44 bits per heavy atom. The van der Waals surface area contributed by atoms with Crippen LogP contribution in [0.25, 0.3) is 0 Å². The van der Waals surface area contributed by atoms with Gasteiger partial charge in [-0.15, -0.1) is 0 Å². The lowest BCUT2D eigenvalue weighted by Gasteiger charge is -2.22. The summed E-state index contributed by atoms with van der Waals surface area (Å²) >= 11 is 0. The van der Waals surface area contributed by atoms with Crippen LogP contribution in [0.15, 0.2) is 0 Å². The minimum Gasteiger partial charge on any atom is -0.354 e. The van der Waals surface area contributed by atoms with E-state index in [1.807, 2.05) is 0 Å². The van der Waals surface area contributed by atoms with E-state index < -0.39 is 18.6 Å². The van der Waals surface area contributed by atoms with Crippen LogP contribution in [0.1, 0.15) is 12.8 Å². The normalized spacial score (nSPS) is 16.6. The maximum atomic E-state index is 12.2. The maximum Gasteiger partial charge on any atom is 0.401 e. The van der Waals surface area contributed by atoms with Crippen molar-refractivity contribution in [1.82, 2.24) is 10.2 Å². The molecule has 0 radical (unpaired) electrons. The predicted molar refractivity (Wildman–Crippen MR) is 52.7 cm³/mol. The van der Waals surface area contributed by atoms with Crippen LogP contribution < -0.4 is 11.1 Å². The van der Waals surface area contributed by atoms with Crippen LogP contribution >= 0.6 is 0 Å². The number of alkyl halides is 3. The summed E-state index contributed by atoms with van der Waals surface area (Å²) < 4.78 is 36.6. The summed E-state index contributed by atoms with van der Waals surface area (Å²) in [7, 11) is 0. The van der Waals surface area contributed by atoms with Crippen LogP contribution in [-0.2, 0) is 4.79 Å². The first-order chi connectivity index (χ1) is 7.42. The molecule has 1 saturated carbocycles. The van der Waals surface area contributed by atoms with Gasteiger partial charge in [0.1, 0.15) is 0 Å². The lowest BCUT2D eigenvalue weighted by Crippen LogP contribution is -2.43. The van der Waals surface area contributed by atoms with Gasteiger partial charge in [-0.2, -0.15) is 13.2 Å². The number of rotatable bonds is 6. The molecule has 0 unspecified atom stereocenters. The number of carbonyl (C=O) groups excluding carboxylic acids is 1. The Hall–Kier alpha value is -0.820. The number of amides is 1. The third kappa shape index (κ3) is 5.32. The second-order valence-corrected chi connectivity index (χ2v) is 3.89. The van der Waals surface area contributed by atoms with E-state index in [1.165, 1.54) is 4.90 Å². The number of nitrogens with one attached hydrogen (secondary N) is 1. The molecule has 7 heteroatoms. The number of nitrogens with zero attached hydrogens (tertiary/aromatic N) is 1. The molecular weight excluding hydrogens is 223 g/mol. The molecule has 0 atom stereocenters. The molecule has 1 amide bonds. The van der Waals surface area contributed by atoms with Crippen molar-refractivity contribution < 1.29 is 18.0 Å². The molecule has 0 aliphatic heterocycles. The van der Waals surface area contributed by atoms with Gasteiger partial charge >= 0.3 is 6.18 Å². The van der Waals surface area contributed by atoms with E-state index in [0.717, 1.165) is 12.8 Å². The Balaban J connectivity index is 2.36. The Bertz CT molecular complexity index is 241. The van der Waals surface area contributed by atoms with E-state index in [9.17, 15) is 18.0 Å². The summed E-state index contributed by atoms with van der Waals surface area (Å²) in [5.74, 6) is -0.401. The highest BCUT2D eigenvalue weighted by atomic mass is 19.4. The topological polar surface area (TPSA) is 58.4 Å². The molecule has 0 aromatic heterocycles. The van der Waals surface area contributed by atoms with Crippen molar-refractivity contribution in [3.8, 4) is 0 Å². The molecule has 1 rings (SSSR count). The van der Waals surface area contributed by atoms with E-state index in [4.69, 9.17) is 5.73 Å². The van der Waals surface area contributed by atoms with Crippen LogP contribution in [0.2, 0.25) is 0 Å². The van der Waals surface area contributed by atoms with Crippen LogP contribution in [0.5, 0.6) is 0 Å². The summed E-state index contributed by atoms with van der Waals surface area (Å²) in [6.07, 6.45) is -2.78. The van der Waals surface area contributed by atoms with Gasteiger partial charge in [-0.25, -0.2) is 0 Å². The van der Waals surface area contributed by atoms with E-state index in [-0.39, 0.29) is 19.1 Å². The first-order valence-corrected chi connectivity index (χ1v) is 5.20. The zero-order valence-electron chi connectivity index (χ0n) is 8.89. The molecule has 16 heavy (non-hydrogen) atoms. The molecule has 0 aromatic rings. The zero-order chi connectivity index (χ0) is 12.2. The van der Waals surface area contributed by atoms with Gasteiger partial charge in [0.2, 0.25) is 5.91 Å². The third-order valence-corrected chi connectivity index (χ3v) is 2.26. The Kier molecular flexibility index (Phi) is 4.55. The van der Waals surface area contributed by atoms with Crippen molar-refractivity contribution in [2.24, 2.45) is 5.73 Å². The van der Waals surface area contributed by atoms with E-state index in [2.05, 4.69) is 5.32 Å². The van der Waals surface area contributed by atoms with Gasteiger partial charge in [0.15, 0.2) is 0 Å². The van der Waals surface area contributed by atoms with Crippen LogP contribution in [0.4, 0.5) is 13.2 Å². The van der Waals surface area contributed by atoms with Gasteiger partial charge in [0.05, 0.1) is 13.1 Å². The van der Waals surface area contributed by atoms with Crippen LogP contribution in [-0.4, -0.2) is 49.2 Å². The molecular formula is C9H16F3N3O. The van der Waals surface area contributed by atoms with Gasteiger partial charge in [0.25, 0.3) is 0 Å². The molecule has 94 valence electrons. The fourth-order valence-corrected chi connectivity index (χ4v) is 1.44. The summed E-state index contributed by atoms with van der Waals surface area (Å²) in [5.41, 5.74) is 5.17. The van der Waals surface area contributed by atoms with Crippen LogP contribution in [0, 0.1) is 0 Å². The Morgan fingerprint density at radius 2 is 2.06 bits per heavy atom. The lowest BCUT2D eigenvalue weighted by molar-refractivity contribution is -0.150. The van der Waals surface area contributed by atoms with Crippen molar-refractivity contribution in [3.05, 3.63) is 0 Å². The van der Waals surface area contributed by atoms with Crippen LogP contribution in [0.3, 0.4) is 0 Å². The van der Waals surface area contributed by atoms with Crippen molar-refractivity contribution in [1.29, 1.82) is 0 Å². The largest absolute Gasteiger partial charge is 0.401 e. The summed E-state index contributed by atoms with van der Waals surface area (Å²) in [6.45, 7) is -0.643. The van der Waals surface area contributed by atoms with E-state index in [1.54, 1.807) is 0 Å². The highest BCUT2D eigenvalue weighted by Gasteiger charge is 2.38. The highest BCUT2D eigenvalue weighted by molar-refractivity contribution is 5.78. The highest BCUT2D eigenvalue weighted by Crippen LogP contribution is 2.29. The third-order valence-electron chi connectivity index (χ3n) is 2.26. The quantitative estimate of drug-likeness (QED) is 0.690. The average molecular weight is 239 g/mol. The molecule has 0 saturated heterocycles. The summed E-state index contributed by atoms with van der Waals surface area (Å²) in [6, 6.07) is -0.0924. The van der Waals surface area contributed by atoms with Gasteiger partial charge in [-0.3, -0.25) is 9.69 Å². The summed E-state index contributed by atoms with van der Waals surface area (Å²) in [4.78, 5) is 12.4. The lowest BCUT2D eigenvalue weighted by atomic mass is 10.4.